The van der Waals surface area contributed by atoms with E-state index in [1.165, 1.54) is 13.2 Å². The van der Waals surface area contributed by atoms with Crippen molar-refractivity contribution >= 4 is 5.97 Å². The van der Waals surface area contributed by atoms with Gasteiger partial charge in [0.1, 0.15) is 6.07 Å². The van der Waals surface area contributed by atoms with E-state index in [9.17, 15) is 4.79 Å². The summed E-state index contributed by atoms with van der Waals surface area (Å²) in [5.74, 6) is -0.432. The van der Waals surface area contributed by atoms with Crippen LogP contribution in [0.1, 0.15) is 13.8 Å². The fourth-order valence-corrected chi connectivity index (χ4v) is 1.32. The van der Waals surface area contributed by atoms with Gasteiger partial charge in [0.05, 0.1) is 12.2 Å². The molecule has 1 atom stereocenters. The van der Waals surface area contributed by atoms with Crippen LogP contribution in [0.15, 0.2) is 23.0 Å². The van der Waals surface area contributed by atoms with Gasteiger partial charge in [0.15, 0.2) is 0 Å². The fraction of sp³-hybridized carbons (Fsp3) is 0.455. The molecule has 1 rings (SSSR count). The standard InChI is InChI=1S/C11H13NO4/c1-4-15-10(13)9-5-8(6-12)16-11(14-3)7(9)2/h5,11H,4H2,1-3H3. The largest absolute Gasteiger partial charge is 0.462 e. The number of carbonyl (C=O) groups is 1. The fourth-order valence-electron chi connectivity index (χ4n) is 1.32. The molecule has 5 heteroatoms. The first kappa shape index (κ1) is 12.3. The molecule has 0 aromatic rings. The smallest absolute Gasteiger partial charge is 0.338 e. The molecule has 0 aromatic heterocycles. The van der Waals surface area contributed by atoms with Gasteiger partial charge in [-0.3, -0.25) is 0 Å². The highest BCUT2D eigenvalue weighted by molar-refractivity contribution is 5.93. The summed E-state index contributed by atoms with van der Waals surface area (Å²) in [5, 5.41) is 8.75. The summed E-state index contributed by atoms with van der Waals surface area (Å²) < 4.78 is 15.1. The molecule has 1 unspecified atom stereocenters. The topological polar surface area (TPSA) is 68.6 Å². The zero-order valence-electron chi connectivity index (χ0n) is 9.44. The first-order valence-corrected chi connectivity index (χ1v) is 4.83. The maximum atomic E-state index is 11.6. The third kappa shape index (κ3) is 2.41. The zero-order valence-corrected chi connectivity index (χ0v) is 9.44. The molecule has 0 amide bonds. The van der Waals surface area contributed by atoms with Crippen molar-refractivity contribution < 1.29 is 19.0 Å². The van der Waals surface area contributed by atoms with Crippen LogP contribution in [0.2, 0.25) is 0 Å². The number of hydrogen-bond donors (Lipinski definition) is 0. The molecule has 1 aliphatic heterocycles. The van der Waals surface area contributed by atoms with Crippen LogP contribution >= 0.6 is 0 Å². The van der Waals surface area contributed by atoms with Crippen molar-refractivity contribution in [3.63, 3.8) is 0 Å². The number of nitriles is 1. The van der Waals surface area contributed by atoms with Crippen molar-refractivity contribution in [3.8, 4) is 6.07 Å². The van der Waals surface area contributed by atoms with E-state index in [0.29, 0.717) is 11.1 Å². The first-order valence-electron chi connectivity index (χ1n) is 4.83. The number of methoxy groups -OCH3 is 1. The Kier molecular flexibility index (Phi) is 4.09. The van der Waals surface area contributed by atoms with Crippen LogP contribution in [0.5, 0.6) is 0 Å². The van der Waals surface area contributed by atoms with E-state index in [2.05, 4.69) is 0 Å². The van der Waals surface area contributed by atoms with Gasteiger partial charge in [-0.15, -0.1) is 0 Å². The average Bonchev–Trinajstić information content (AvgIpc) is 2.29. The van der Waals surface area contributed by atoms with Gasteiger partial charge in [0, 0.05) is 18.8 Å². The molecule has 0 N–H and O–H groups in total. The van der Waals surface area contributed by atoms with Gasteiger partial charge in [0.25, 0.3) is 0 Å². The van der Waals surface area contributed by atoms with E-state index < -0.39 is 12.3 Å². The van der Waals surface area contributed by atoms with E-state index in [-0.39, 0.29) is 12.4 Å². The molecule has 0 bridgehead atoms. The van der Waals surface area contributed by atoms with E-state index in [1.807, 2.05) is 6.07 Å². The highest BCUT2D eigenvalue weighted by atomic mass is 16.7. The molecule has 1 heterocycles. The Morgan fingerprint density at radius 1 is 1.69 bits per heavy atom. The summed E-state index contributed by atoms with van der Waals surface area (Å²) >= 11 is 0. The number of esters is 1. The molecule has 0 saturated carbocycles. The van der Waals surface area contributed by atoms with Gasteiger partial charge in [-0.05, 0) is 13.8 Å². The highest BCUT2D eigenvalue weighted by Gasteiger charge is 2.26. The second kappa shape index (κ2) is 5.33. The molecule has 5 nitrogen and oxygen atoms in total. The minimum atomic E-state index is -0.709. The van der Waals surface area contributed by atoms with Crippen molar-refractivity contribution in [3.05, 3.63) is 23.0 Å². The summed E-state index contributed by atoms with van der Waals surface area (Å²) in [5.41, 5.74) is 0.913. The van der Waals surface area contributed by atoms with Crippen LogP contribution in [-0.4, -0.2) is 26.0 Å². The van der Waals surface area contributed by atoms with Gasteiger partial charge in [-0.1, -0.05) is 0 Å². The molecule has 0 fully saturated rings. The van der Waals surface area contributed by atoms with Gasteiger partial charge in [-0.2, -0.15) is 5.26 Å². The van der Waals surface area contributed by atoms with Crippen LogP contribution in [0, 0.1) is 11.3 Å². The molecular weight excluding hydrogens is 210 g/mol. The normalized spacial score (nSPS) is 19.6. The SMILES string of the molecule is CCOC(=O)C1=C(C)C(OC)OC(C#N)=C1. The lowest BCUT2D eigenvalue weighted by atomic mass is 10.1. The number of carbonyl (C=O) groups excluding carboxylic acids is 1. The van der Waals surface area contributed by atoms with Crippen molar-refractivity contribution in [2.75, 3.05) is 13.7 Å². The highest BCUT2D eigenvalue weighted by Crippen LogP contribution is 2.24. The van der Waals surface area contributed by atoms with Gasteiger partial charge < -0.3 is 14.2 Å². The summed E-state index contributed by atoms with van der Waals surface area (Å²) in [7, 11) is 1.44. The van der Waals surface area contributed by atoms with Crippen molar-refractivity contribution in [1.82, 2.24) is 0 Å². The lowest BCUT2D eigenvalue weighted by molar-refractivity contribution is -0.139. The Balaban J connectivity index is 3.06. The van der Waals surface area contributed by atoms with E-state index in [4.69, 9.17) is 19.5 Å². The predicted octanol–water partition coefficient (Wildman–Crippen LogP) is 1.28. The van der Waals surface area contributed by atoms with Crippen LogP contribution < -0.4 is 0 Å². The predicted molar refractivity (Wildman–Crippen MR) is 54.9 cm³/mol. The number of allylic oxidation sites excluding steroid dienone is 1. The third-order valence-electron chi connectivity index (χ3n) is 2.11. The molecule has 16 heavy (non-hydrogen) atoms. The molecule has 0 saturated heterocycles. The van der Waals surface area contributed by atoms with E-state index in [1.54, 1.807) is 13.8 Å². The summed E-state index contributed by atoms with van der Waals surface area (Å²) in [4.78, 5) is 11.6. The van der Waals surface area contributed by atoms with E-state index in [0.717, 1.165) is 0 Å². The summed E-state index contributed by atoms with van der Waals surface area (Å²) in [6.07, 6.45) is 0.655. The van der Waals surface area contributed by atoms with Crippen LogP contribution in [0.25, 0.3) is 0 Å². The Hall–Kier alpha value is -1.80. The lowest BCUT2D eigenvalue weighted by Crippen LogP contribution is -2.24. The van der Waals surface area contributed by atoms with Gasteiger partial charge in [0.2, 0.25) is 12.0 Å². The molecule has 0 spiro atoms. The summed E-state index contributed by atoms with van der Waals surface area (Å²) in [6, 6.07) is 1.83. The van der Waals surface area contributed by atoms with E-state index >= 15 is 0 Å². The second-order valence-corrected chi connectivity index (χ2v) is 3.12. The molecule has 0 aliphatic carbocycles. The third-order valence-corrected chi connectivity index (χ3v) is 2.11. The monoisotopic (exact) mass is 223 g/mol. The van der Waals surface area contributed by atoms with Gasteiger partial charge in [-0.25, -0.2) is 4.79 Å². The Bertz CT molecular complexity index is 389. The Labute approximate surface area is 93.9 Å². The molecule has 86 valence electrons. The van der Waals surface area contributed by atoms with Crippen LogP contribution in [0.4, 0.5) is 0 Å². The number of hydrogen-bond acceptors (Lipinski definition) is 5. The number of ether oxygens (including phenoxy) is 3. The molecule has 0 aromatic carbocycles. The zero-order chi connectivity index (χ0) is 12.1. The number of nitrogens with zero attached hydrogens (tertiary/aromatic N) is 1. The van der Waals surface area contributed by atoms with Crippen molar-refractivity contribution in [2.24, 2.45) is 0 Å². The van der Waals surface area contributed by atoms with Crippen LogP contribution in [0.3, 0.4) is 0 Å². The Morgan fingerprint density at radius 2 is 2.38 bits per heavy atom. The molecular formula is C11H13NO4. The lowest BCUT2D eigenvalue weighted by Gasteiger charge is -2.23. The van der Waals surface area contributed by atoms with Crippen molar-refractivity contribution in [2.45, 2.75) is 20.1 Å². The molecule has 1 aliphatic rings. The maximum absolute atomic E-state index is 11.6. The molecule has 0 radical (unpaired) electrons. The average molecular weight is 223 g/mol. The quantitative estimate of drug-likeness (QED) is 0.674. The van der Waals surface area contributed by atoms with Crippen LogP contribution in [-0.2, 0) is 19.0 Å². The van der Waals surface area contributed by atoms with Gasteiger partial charge >= 0.3 is 5.97 Å². The number of rotatable bonds is 3. The first-order chi connectivity index (χ1) is 7.63. The minimum absolute atomic E-state index is 0.0421. The maximum Gasteiger partial charge on any atom is 0.338 e. The van der Waals surface area contributed by atoms with Crippen molar-refractivity contribution in [1.29, 1.82) is 5.26 Å². The minimum Gasteiger partial charge on any atom is -0.462 e. The second-order valence-electron chi connectivity index (χ2n) is 3.12. The Morgan fingerprint density at radius 3 is 2.88 bits per heavy atom. The summed E-state index contributed by atoms with van der Waals surface area (Å²) in [6.45, 7) is 3.70.